The summed E-state index contributed by atoms with van der Waals surface area (Å²) < 4.78 is 27.6. The Labute approximate surface area is 145 Å². The van der Waals surface area contributed by atoms with Gasteiger partial charge in [-0.15, -0.1) is 0 Å². The van der Waals surface area contributed by atoms with E-state index in [-0.39, 0.29) is 0 Å². The van der Waals surface area contributed by atoms with Crippen LogP contribution in [0.5, 0.6) is 0 Å². The molecule has 0 spiro atoms. The van der Waals surface area contributed by atoms with Crippen LogP contribution >= 0.6 is 0 Å². The number of hydrogen-bond donors (Lipinski definition) is 1. The number of carbonyl (C=O) groups is 2. The Kier molecular flexibility index (Phi) is 5.21. The minimum atomic E-state index is -1.02. The summed E-state index contributed by atoms with van der Waals surface area (Å²) in [5.74, 6) is -3.48. The van der Waals surface area contributed by atoms with Crippen molar-refractivity contribution in [2.24, 2.45) is 0 Å². The summed E-state index contributed by atoms with van der Waals surface area (Å²) in [6, 6.07) is 10.00. The zero-order valence-electron chi connectivity index (χ0n) is 14.6. The van der Waals surface area contributed by atoms with Gasteiger partial charge in [-0.1, -0.05) is 23.8 Å². The second-order valence-corrected chi connectivity index (χ2v) is 6.72. The number of rotatable bonds is 2. The van der Waals surface area contributed by atoms with Gasteiger partial charge in [0.25, 0.3) is 11.8 Å². The normalized spacial score (nSPS) is 11.1. The van der Waals surface area contributed by atoms with Gasteiger partial charge in [-0.3, -0.25) is 15.0 Å². The molecule has 0 aliphatic heterocycles. The summed E-state index contributed by atoms with van der Waals surface area (Å²) >= 11 is 0. The minimum absolute atomic E-state index is 0.365. The molecule has 25 heavy (non-hydrogen) atoms. The molecule has 2 aromatic rings. The van der Waals surface area contributed by atoms with Gasteiger partial charge in [0.05, 0.1) is 5.54 Å². The van der Waals surface area contributed by atoms with E-state index in [1.165, 1.54) is 6.07 Å². The Morgan fingerprint density at radius 1 is 1.00 bits per heavy atom. The lowest BCUT2D eigenvalue weighted by atomic mass is 10.1. The lowest BCUT2D eigenvalue weighted by Crippen LogP contribution is -2.56. The molecule has 0 radical (unpaired) electrons. The minimum Gasteiger partial charge on any atom is -0.267 e. The molecular formula is C19H20F2N2O2. The third-order valence-corrected chi connectivity index (χ3v) is 3.54. The first-order chi connectivity index (χ1) is 11.6. The van der Waals surface area contributed by atoms with Gasteiger partial charge in [-0.2, -0.15) is 0 Å². The summed E-state index contributed by atoms with van der Waals surface area (Å²) in [7, 11) is 0. The molecule has 2 aromatic carbocycles. The van der Waals surface area contributed by atoms with Gasteiger partial charge in [0.2, 0.25) is 0 Å². The maximum absolute atomic E-state index is 13.8. The van der Waals surface area contributed by atoms with E-state index in [1.54, 1.807) is 39.0 Å². The Morgan fingerprint density at radius 2 is 1.56 bits per heavy atom. The molecule has 0 aliphatic rings. The Morgan fingerprint density at radius 3 is 2.08 bits per heavy atom. The summed E-state index contributed by atoms with van der Waals surface area (Å²) in [5, 5.41) is 1.08. The van der Waals surface area contributed by atoms with Crippen LogP contribution in [0.1, 0.15) is 47.1 Å². The summed E-state index contributed by atoms with van der Waals surface area (Å²) in [5.41, 5.74) is 2.05. The monoisotopic (exact) mass is 346 g/mol. The van der Waals surface area contributed by atoms with Crippen molar-refractivity contribution in [1.29, 1.82) is 0 Å². The van der Waals surface area contributed by atoms with Crippen LogP contribution in [0.4, 0.5) is 8.78 Å². The van der Waals surface area contributed by atoms with Crippen molar-refractivity contribution < 1.29 is 18.4 Å². The number of amides is 2. The number of nitrogens with one attached hydrogen (secondary N) is 1. The molecule has 4 nitrogen and oxygen atoms in total. The van der Waals surface area contributed by atoms with Gasteiger partial charge in [0.1, 0.15) is 17.2 Å². The molecule has 0 aromatic heterocycles. The molecule has 2 rings (SSSR count). The number of halogens is 2. The van der Waals surface area contributed by atoms with Gasteiger partial charge in [-0.25, -0.2) is 13.8 Å². The van der Waals surface area contributed by atoms with Crippen LogP contribution in [0.3, 0.4) is 0 Å². The van der Waals surface area contributed by atoms with Crippen LogP contribution in [0.25, 0.3) is 0 Å². The van der Waals surface area contributed by atoms with E-state index in [9.17, 15) is 18.4 Å². The Balaban J connectivity index is 2.36. The van der Waals surface area contributed by atoms with Crippen molar-refractivity contribution in [3.63, 3.8) is 0 Å². The van der Waals surface area contributed by atoms with Crippen LogP contribution in [0, 0.1) is 18.6 Å². The Hall–Kier alpha value is -2.76. The van der Waals surface area contributed by atoms with E-state index >= 15 is 0 Å². The smallest absolute Gasteiger partial charge is 0.267 e. The summed E-state index contributed by atoms with van der Waals surface area (Å²) in [6.45, 7) is 6.96. The first-order valence-corrected chi connectivity index (χ1v) is 7.77. The highest BCUT2D eigenvalue weighted by atomic mass is 19.1. The first kappa shape index (κ1) is 18.6. The third-order valence-electron chi connectivity index (χ3n) is 3.54. The SMILES string of the molecule is Cc1cccc(C(=O)N(NC(=O)c2c(F)cccc2F)C(C)(C)C)c1. The van der Waals surface area contributed by atoms with Crippen molar-refractivity contribution >= 4 is 11.8 Å². The number of hydrazine groups is 1. The second kappa shape index (κ2) is 7.01. The summed E-state index contributed by atoms with van der Waals surface area (Å²) in [4.78, 5) is 25.2. The van der Waals surface area contributed by atoms with Crippen molar-refractivity contribution in [3.8, 4) is 0 Å². The molecule has 0 unspecified atom stereocenters. The molecule has 0 fully saturated rings. The van der Waals surface area contributed by atoms with Gasteiger partial charge in [0.15, 0.2) is 0 Å². The lowest BCUT2D eigenvalue weighted by molar-refractivity contribution is 0.0355. The van der Waals surface area contributed by atoms with Crippen molar-refractivity contribution in [2.75, 3.05) is 0 Å². The maximum Gasteiger partial charge on any atom is 0.275 e. The standard InChI is InChI=1S/C19H20F2N2O2/c1-12-7-5-8-13(11-12)18(25)23(19(2,3)4)22-17(24)16-14(20)9-6-10-15(16)21/h5-11H,1-4H3,(H,22,24). The zero-order chi connectivity index (χ0) is 18.8. The average molecular weight is 346 g/mol. The molecule has 0 saturated carbocycles. The highest BCUT2D eigenvalue weighted by molar-refractivity contribution is 5.99. The van der Waals surface area contributed by atoms with Crippen LogP contribution in [-0.4, -0.2) is 22.4 Å². The summed E-state index contributed by atoms with van der Waals surface area (Å²) in [6.07, 6.45) is 0. The molecule has 0 bridgehead atoms. The average Bonchev–Trinajstić information content (AvgIpc) is 2.50. The molecule has 0 aliphatic carbocycles. The quantitative estimate of drug-likeness (QED) is 0.840. The highest BCUT2D eigenvalue weighted by Gasteiger charge is 2.31. The first-order valence-electron chi connectivity index (χ1n) is 7.77. The van der Waals surface area contributed by atoms with Gasteiger partial charge >= 0.3 is 0 Å². The molecule has 2 amide bonds. The molecule has 6 heteroatoms. The highest BCUT2D eigenvalue weighted by Crippen LogP contribution is 2.18. The predicted octanol–water partition coefficient (Wildman–Crippen LogP) is 3.86. The fourth-order valence-electron chi connectivity index (χ4n) is 2.30. The lowest BCUT2D eigenvalue weighted by Gasteiger charge is -2.35. The Bertz CT molecular complexity index is 793. The van der Waals surface area contributed by atoms with E-state index < -0.39 is 34.6 Å². The van der Waals surface area contributed by atoms with Crippen LogP contribution in [0.15, 0.2) is 42.5 Å². The largest absolute Gasteiger partial charge is 0.275 e. The van der Waals surface area contributed by atoms with Gasteiger partial charge in [0, 0.05) is 5.56 Å². The van der Waals surface area contributed by atoms with E-state index in [4.69, 9.17) is 0 Å². The predicted molar refractivity (Wildman–Crippen MR) is 90.9 cm³/mol. The van der Waals surface area contributed by atoms with Crippen LogP contribution in [0.2, 0.25) is 0 Å². The van der Waals surface area contributed by atoms with Crippen LogP contribution in [-0.2, 0) is 0 Å². The zero-order valence-corrected chi connectivity index (χ0v) is 14.6. The maximum atomic E-state index is 13.8. The number of nitrogens with zero attached hydrogens (tertiary/aromatic N) is 1. The molecule has 132 valence electrons. The fourth-order valence-corrected chi connectivity index (χ4v) is 2.30. The van der Waals surface area contributed by atoms with E-state index in [2.05, 4.69) is 5.43 Å². The molecule has 0 saturated heterocycles. The molecular weight excluding hydrogens is 326 g/mol. The van der Waals surface area contributed by atoms with Gasteiger partial charge < -0.3 is 0 Å². The van der Waals surface area contributed by atoms with E-state index in [0.717, 1.165) is 22.7 Å². The number of aryl methyl sites for hydroxylation is 1. The molecule has 0 atom stereocenters. The van der Waals surface area contributed by atoms with Crippen molar-refractivity contribution in [2.45, 2.75) is 33.2 Å². The number of carbonyl (C=O) groups excluding carboxylic acids is 2. The fraction of sp³-hybridized carbons (Fsp3) is 0.263. The van der Waals surface area contributed by atoms with Gasteiger partial charge in [-0.05, 0) is 52.0 Å². The third kappa shape index (κ3) is 4.21. The topological polar surface area (TPSA) is 49.4 Å². The second-order valence-electron chi connectivity index (χ2n) is 6.72. The van der Waals surface area contributed by atoms with Crippen molar-refractivity contribution in [3.05, 3.63) is 70.8 Å². The molecule has 0 heterocycles. The van der Waals surface area contributed by atoms with Crippen LogP contribution < -0.4 is 5.43 Å². The molecule has 1 N–H and O–H groups in total. The van der Waals surface area contributed by atoms with E-state index in [1.807, 2.05) is 13.0 Å². The van der Waals surface area contributed by atoms with Crippen molar-refractivity contribution in [1.82, 2.24) is 10.4 Å². The number of benzene rings is 2. The van der Waals surface area contributed by atoms with E-state index in [0.29, 0.717) is 5.56 Å². The number of hydrogen-bond acceptors (Lipinski definition) is 2.